The molecule has 116 valence electrons. The van der Waals surface area contributed by atoms with Crippen LogP contribution in [0.25, 0.3) is 0 Å². The highest BCUT2D eigenvalue weighted by atomic mass is 16.1. The molecule has 0 spiro atoms. The van der Waals surface area contributed by atoms with Crippen molar-refractivity contribution < 1.29 is 4.79 Å². The standard InChI is InChI=1S/C17H22N4O/c1-4-5-10-18-17-19-11-9-14(20-17)16(22)21-15-12(2)7-6-8-13(15)3/h6-9,11H,4-5,10H2,1-3H3,(H,21,22)(H,18,19,20). The van der Waals surface area contributed by atoms with Crippen LogP contribution < -0.4 is 10.6 Å². The molecule has 0 aliphatic heterocycles. The molecule has 5 nitrogen and oxygen atoms in total. The first-order valence-corrected chi connectivity index (χ1v) is 7.56. The molecule has 0 atom stereocenters. The van der Waals surface area contributed by atoms with E-state index in [0.717, 1.165) is 36.2 Å². The number of rotatable bonds is 6. The second-order valence-corrected chi connectivity index (χ2v) is 5.27. The van der Waals surface area contributed by atoms with Gasteiger partial charge in [-0.25, -0.2) is 9.97 Å². The predicted octanol–water partition coefficient (Wildman–Crippen LogP) is 3.56. The van der Waals surface area contributed by atoms with E-state index in [2.05, 4.69) is 27.5 Å². The number of benzene rings is 1. The number of carbonyl (C=O) groups excluding carboxylic acids is 1. The molecule has 1 heterocycles. The Hall–Kier alpha value is -2.43. The molecular formula is C17H22N4O. The van der Waals surface area contributed by atoms with Crippen LogP contribution >= 0.6 is 0 Å². The third kappa shape index (κ3) is 4.04. The van der Waals surface area contributed by atoms with Crippen LogP contribution in [0.2, 0.25) is 0 Å². The fraction of sp³-hybridized carbons (Fsp3) is 0.353. The lowest BCUT2D eigenvalue weighted by atomic mass is 10.1. The van der Waals surface area contributed by atoms with E-state index < -0.39 is 0 Å². The van der Waals surface area contributed by atoms with Crippen LogP contribution in [0, 0.1) is 13.8 Å². The number of hydrogen-bond donors (Lipinski definition) is 2. The predicted molar refractivity (Wildman–Crippen MR) is 89.3 cm³/mol. The second kappa shape index (κ2) is 7.54. The molecule has 1 amide bonds. The van der Waals surface area contributed by atoms with Crippen LogP contribution in [0.15, 0.2) is 30.5 Å². The number of para-hydroxylation sites is 1. The van der Waals surface area contributed by atoms with Crippen molar-refractivity contribution in [2.24, 2.45) is 0 Å². The van der Waals surface area contributed by atoms with E-state index in [1.807, 2.05) is 32.0 Å². The van der Waals surface area contributed by atoms with Gasteiger partial charge in [0.15, 0.2) is 0 Å². The van der Waals surface area contributed by atoms with Gasteiger partial charge in [0.05, 0.1) is 0 Å². The van der Waals surface area contributed by atoms with Gasteiger partial charge in [-0.05, 0) is 37.5 Å². The Balaban J connectivity index is 2.11. The lowest BCUT2D eigenvalue weighted by Gasteiger charge is -2.11. The number of hydrogen-bond acceptors (Lipinski definition) is 4. The van der Waals surface area contributed by atoms with Crippen molar-refractivity contribution in [1.82, 2.24) is 9.97 Å². The zero-order chi connectivity index (χ0) is 15.9. The number of carbonyl (C=O) groups is 1. The molecule has 0 unspecified atom stereocenters. The number of amides is 1. The minimum Gasteiger partial charge on any atom is -0.354 e. The second-order valence-electron chi connectivity index (χ2n) is 5.27. The van der Waals surface area contributed by atoms with Crippen molar-refractivity contribution in [3.05, 3.63) is 47.3 Å². The Morgan fingerprint density at radius 2 is 1.91 bits per heavy atom. The summed E-state index contributed by atoms with van der Waals surface area (Å²) in [5.41, 5.74) is 3.26. The summed E-state index contributed by atoms with van der Waals surface area (Å²) >= 11 is 0. The van der Waals surface area contributed by atoms with Crippen molar-refractivity contribution >= 4 is 17.5 Å². The molecule has 5 heteroatoms. The van der Waals surface area contributed by atoms with Crippen LogP contribution in [0.3, 0.4) is 0 Å². The maximum atomic E-state index is 12.4. The SMILES string of the molecule is CCCCNc1nccc(C(=O)Nc2c(C)cccc2C)n1. The van der Waals surface area contributed by atoms with Gasteiger partial charge >= 0.3 is 0 Å². The summed E-state index contributed by atoms with van der Waals surface area (Å²) in [4.78, 5) is 20.8. The Labute approximate surface area is 131 Å². The molecule has 0 aliphatic carbocycles. The topological polar surface area (TPSA) is 66.9 Å². The third-order valence-corrected chi connectivity index (χ3v) is 3.42. The molecule has 0 radical (unpaired) electrons. The number of nitrogens with one attached hydrogen (secondary N) is 2. The van der Waals surface area contributed by atoms with Crippen LogP contribution in [-0.2, 0) is 0 Å². The molecule has 22 heavy (non-hydrogen) atoms. The quantitative estimate of drug-likeness (QED) is 0.800. The average Bonchev–Trinajstić information content (AvgIpc) is 2.51. The molecule has 0 saturated heterocycles. The first-order valence-electron chi connectivity index (χ1n) is 7.56. The molecule has 1 aromatic heterocycles. The first kappa shape index (κ1) is 15.9. The van der Waals surface area contributed by atoms with Gasteiger partial charge in [0.25, 0.3) is 5.91 Å². The highest BCUT2D eigenvalue weighted by molar-refractivity contribution is 6.03. The summed E-state index contributed by atoms with van der Waals surface area (Å²) in [5, 5.41) is 6.06. The fourth-order valence-electron chi connectivity index (χ4n) is 2.14. The van der Waals surface area contributed by atoms with Crippen molar-refractivity contribution in [1.29, 1.82) is 0 Å². The van der Waals surface area contributed by atoms with Gasteiger partial charge in [-0.3, -0.25) is 4.79 Å². The molecule has 0 fully saturated rings. The van der Waals surface area contributed by atoms with Gasteiger partial charge in [0, 0.05) is 18.4 Å². The van der Waals surface area contributed by atoms with Crippen LogP contribution in [0.4, 0.5) is 11.6 Å². The largest absolute Gasteiger partial charge is 0.354 e. The van der Waals surface area contributed by atoms with Crippen LogP contribution in [0.5, 0.6) is 0 Å². The summed E-state index contributed by atoms with van der Waals surface area (Å²) in [7, 11) is 0. The summed E-state index contributed by atoms with van der Waals surface area (Å²) in [5.74, 6) is 0.265. The Kier molecular flexibility index (Phi) is 5.47. The van der Waals surface area contributed by atoms with Gasteiger partial charge in [0.2, 0.25) is 5.95 Å². The number of anilines is 2. The summed E-state index contributed by atoms with van der Waals surface area (Å²) in [6.07, 6.45) is 3.74. The van der Waals surface area contributed by atoms with E-state index in [0.29, 0.717) is 11.6 Å². The zero-order valence-electron chi connectivity index (χ0n) is 13.3. The van der Waals surface area contributed by atoms with E-state index in [-0.39, 0.29) is 5.91 Å². The van der Waals surface area contributed by atoms with Crippen molar-refractivity contribution in [2.75, 3.05) is 17.2 Å². The fourth-order valence-corrected chi connectivity index (χ4v) is 2.14. The lowest BCUT2D eigenvalue weighted by molar-refractivity contribution is 0.102. The van der Waals surface area contributed by atoms with E-state index in [4.69, 9.17) is 0 Å². The molecule has 2 N–H and O–H groups in total. The molecular weight excluding hydrogens is 276 g/mol. The number of aryl methyl sites for hydroxylation is 2. The minimum absolute atomic E-state index is 0.224. The summed E-state index contributed by atoms with van der Waals surface area (Å²) in [6, 6.07) is 7.54. The molecule has 1 aromatic carbocycles. The molecule has 2 aromatic rings. The third-order valence-electron chi connectivity index (χ3n) is 3.42. The van der Waals surface area contributed by atoms with Crippen molar-refractivity contribution in [3.63, 3.8) is 0 Å². The van der Waals surface area contributed by atoms with Crippen LogP contribution in [0.1, 0.15) is 41.4 Å². The minimum atomic E-state index is -0.224. The van der Waals surface area contributed by atoms with Gasteiger partial charge in [0.1, 0.15) is 5.69 Å². The Morgan fingerprint density at radius 1 is 1.18 bits per heavy atom. The number of unbranched alkanes of at least 4 members (excludes halogenated alkanes) is 1. The number of aromatic nitrogens is 2. The van der Waals surface area contributed by atoms with Gasteiger partial charge in [-0.1, -0.05) is 31.5 Å². The van der Waals surface area contributed by atoms with E-state index in [1.165, 1.54) is 0 Å². The van der Waals surface area contributed by atoms with E-state index in [1.54, 1.807) is 12.3 Å². The Bertz CT molecular complexity index is 635. The maximum absolute atomic E-state index is 12.4. The highest BCUT2D eigenvalue weighted by Crippen LogP contribution is 2.20. The van der Waals surface area contributed by atoms with Gasteiger partial charge < -0.3 is 10.6 Å². The molecule has 0 bridgehead atoms. The summed E-state index contributed by atoms with van der Waals surface area (Å²) in [6.45, 7) is 6.87. The normalized spacial score (nSPS) is 10.3. The first-order chi connectivity index (χ1) is 10.6. The average molecular weight is 298 g/mol. The van der Waals surface area contributed by atoms with Crippen LogP contribution in [-0.4, -0.2) is 22.4 Å². The lowest BCUT2D eigenvalue weighted by Crippen LogP contribution is -2.16. The molecule has 0 saturated carbocycles. The Morgan fingerprint density at radius 3 is 2.59 bits per heavy atom. The van der Waals surface area contributed by atoms with Gasteiger partial charge in [-0.15, -0.1) is 0 Å². The van der Waals surface area contributed by atoms with E-state index in [9.17, 15) is 4.79 Å². The van der Waals surface area contributed by atoms with Crippen molar-refractivity contribution in [3.8, 4) is 0 Å². The molecule has 0 aliphatic rings. The highest BCUT2D eigenvalue weighted by Gasteiger charge is 2.11. The van der Waals surface area contributed by atoms with Gasteiger partial charge in [-0.2, -0.15) is 0 Å². The molecule has 2 rings (SSSR count). The smallest absolute Gasteiger partial charge is 0.274 e. The van der Waals surface area contributed by atoms with Crippen molar-refractivity contribution in [2.45, 2.75) is 33.6 Å². The number of nitrogens with zero attached hydrogens (tertiary/aromatic N) is 2. The summed E-state index contributed by atoms with van der Waals surface area (Å²) < 4.78 is 0. The van der Waals surface area contributed by atoms with E-state index >= 15 is 0 Å². The maximum Gasteiger partial charge on any atom is 0.274 e. The zero-order valence-corrected chi connectivity index (χ0v) is 13.3. The monoisotopic (exact) mass is 298 g/mol.